The van der Waals surface area contributed by atoms with Crippen molar-refractivity contribution in [1.82, 2.24) is 20.1 Å². The van der Waals surface area contributed by atoms with Gasteiger partial charge in [0, 0.05) is 19.0 Å². The highest BCUT2D eigenvalue weighted by molar-refractivity contribution is 14.0. The van der Waals surface area contributed by atoms with Gasteiger partial charge in [-0.05, 0) is 45.6 Å². The van der Waals surface area contributed by atoms with E-state index >= 15 is 0 Å². The standard InChI is InChI=1S/C20H31N5OS.HI/c1-7-21-20(25(5)13-17-14-27-15(2)23-17)22-12-19(24(3)4)16-8-10-18(26-6)11-9-16;/h8-11,14,19H,7,12-13H2,1-6H3,(H,21,22);1H. The summed E-state index contributed by atoms with van der Waals surface area (Å²) in [5, 5.41) is 6.58. The van der Waals surface area contributed by atoms with Crippen LogP contribution in [0, 0.1) is 6.92 Å². The van der Waals surface area contributed by atoms with Crippen LogP contribution >= 0.6 is 35.3 Å². The van der Waals surface area contributed by atoms with E-state index in [0.29, 0.717) is 6.54 Å². The number of aryl methyl sites for hydroxylation is 1. The molecule has 0 aliphatic heterocycles. The van der Waals surface area contributed by atoms with Crippen LogP contribution in [0.15, 0.2) is 34.6 Å². The number of rotatable bonds is 8. The van der Waals surface area contributed by atoms with Gasteiger partial charge in [0.2, 0.25) is 0 Å². The Hall–Kier alpha value is -1.39. The summed E-state index contributed by atoms with van der Waals surface area (Å²) in [6.07, 6.45) is 0. The molecule has 2 aromatic rings. The summed E-state index contributed by atoms with van der Waals surface area (Å²) < 4.78 is 5.27. The third-order valence-electron chi connectivity index (χ3n) is 4.30. The third kappa shape index (κ3) is 7.21. The molecule has 0 spiro atoms. The van der Waals surface area contributed by atoms with Gasteiger partial charge in [0.1, 0.15) is 5.75 Å². The molecule has 1 atom stereocenters. The number of halogens is 1. The van der Waals surface area contributed by atoms with Crippen molar-refractivity contribution in [1.29, 1.82) is 0 Å². The number of aliphatic imine (C=N–C) groups is 1. The molecule has 0 fully saturated rings. The topological polar surface area (TPSA) is 53.0 Å². The smallest absolute Gasteiger partial charge is 0.194 e. The molecule has 8 heteroatoms. The normalized spacial score (nSPS) is 12.5. The zero-order chi connectivity index (χ0) is 19.8. The highest BCUT2D eigenvalue weighted by atomic mass is 127. The lowest BCUT2D eigenvalue weighted by Crippen LogP contribution is -2.39. The SMILES string of the molecule is CCNC(=NCC(c1ccc(OC)cc1)N(C)C)N(C)Cc1csc(C)n1.I. The van der Waals surface area contributed by atoms with Crippen LogP contribution in [-0.2, 0) is 6.54 Å². The Bertz CT molecular complexity index is 732. The average molecular weight is 517 g/mol. The van der Waals surface area contributed by atoms with Crippen LogP contribution in [0.5, 0.6) is 5.75 Å². The number of likely N-dealkylation sites (N-methyl/N-ethyl adjacent to an activating group) is 1. The van der Waals surface area contributed by atoms with Gasteiger partial charge in [-0.15, -0.1) is 35.3 Å². The molecule has 0 saturated heterocycles. The van der Waals surface area contributed by atoms with Crippen molar-refractivity contribution in [3.63, 3.8) is 0 Å². The predicted molar refractivity (Wildman–Crippen MR) is 129 cm³/mol. The number of guanidine groups is 1. The van der Waals surface area contributed by atoms with E-state index in [9.17, 15) is 0 Å². The van der Waals surface area contributed by atoms with Gasteiger partial charge in [-0.3, -0.25) is 4.99 Å². The van der Waals surface area contributed by atoms with E-state index in [1.807, 2.05) is 26.1 Å². The van der Waals surface area contributed by atoms with E-state index in [1.54, 1.807) is 18.4 Å². The van der Waals surface area contributed by atoms with Crippen LogP contribution in [0.25, 0.3) is 0 Å². The van der Waals surface area contributed by atoms with Crippen LogP contribution < -0.4 is 10.1 Å². The molecule has 1 aromatic heterocycles. The molecule has 1 unspecified atom stereocenters. The van der Waals surface area contributed by atoms with Crippen molar-refractivity contribution in [2.45, 2.75) is 26.4 Å². The van der Waals surface area contributed by atoms with E-state index in [2.05, 4.69) is 58.6 Å². The van der Waals surface area contributed by atoms with Crippen molar-refractivity contribution >= 4 is 41.3 Å². The second kappa shape index (κ2) is 12.2. The van der Waals surface area contributed by atoms with Gasteiger partial charge < -0.3 is 19.9 Å². The van der Waals surface area contributed by atoms with Gasteiger partial charge >= 0.3 is 0 Å². The van der Waals surface area contributed by atoms with Crippen LogP contribution in [0.1, 0.15) is 29.2 Å². The number of benzene rings is 1. The molecule has 0 aliphatic carbocycles. The molecular weight excluding hydrogens is 485 g/mol. The fraction of sp³-hybridized carbons (Fsp3) is 0.500. The quantitative estimate of drug-likeness (QED) is 0.328. The van der Waals surface area contributed by atoms with Crippen molar-refractivity contribution in [2.75, 3.05) is 41.3 Å². The maximum Gasteiger partial charge on any atom is 0.194 e. The van der Waals surface area contributed by atoms with E-state index in [1.165, 1.54) is 5.56 Å². The molecule has 6 nitrogen and oxygen atoms in total. The van der Waals surface area contributed by atoms with E-state index in [0.717, 1.165) is 35.5 Å². The highest BCUT2D eigenvalue weighted by Crippen LogP contribution is 2.21. The molecule has 0 aliphatic rings. The molecule has 1 aromatic carbocycles. The Kier molecular flexibility index (Phi) is 10.8. The number of ether oxygens (including phenoxy) is 1. The van der Waals surface area contributed by atoms with Gasteiger partial charge in [0.05, 0.1) is 36.9 Å². The van der Waals surface area contributed by atoms with Crippen molar-refractivity contribution in [2.24, 2.45) is 4.99 Å². The van der Waals surface area contributed by atoms with Crippen LogP contribution in [0.3, 0.4) is 0 Å². The fourth-order valence-electron chi connectivity index (χ4n) is 2.83. The van der Waals surface area contributed by atoms with Gasteiger partial charge in [-0.1, -0.05) is 12.1 Å². The van der Waals surface area contributed by atoms with E-state index in [-0.39, 0.29) is 30.0 Å². The van der Waals surface area contributed by atoms with Crippen molar-refractivity contribution in [3.8, 4) is 5.75 Å². The summed E-state index contributed by atoms with van der Waals surface area (Å²) in [6.45, 7) is 6.36. The summed E-state index contributed by atoms with van der Waals surface area (Å²) in [4.78, 5) is 13.8. The summed E-state index contributed by atoms with van der Waals surface area (Å²) in [5.41, 5.74) is 2.29. The maximum atomic E-state index is 5.27. The zero-order valence-corrected chi connectivity index (χ0v) is 20.7. The summed E-state index contributed by atoms with van der Waals surface area (Å²) >= 11 is 1.68. The number of hydrogen-bond acceptors (Lipinski definition) is 5. The lowest BCUT2D eigenvalue weighted by molar-refractivity contribution is 0.304. The molecule has 0 radical (unpaired) electrons. The van der Waals surface area contributed by atoms with Crippen LogP contribution in [0.2, 0.25) is 0 Å². The second-order valence-electron chi connectivity index (χ2n) is 6.66. The van der Waals surface area contributed by atoms with Crippen molar-refractivity contribution in [3.05, 3.63) is 45.9 Å². The van der Waals surface area contributed by atoms with E-state index in [4.69, 9.17) is 9.73 Å². The lowest BCUT2D eigenvalue weighted by Gasteiger charge is -2.26. The monoisotopic (exact) mass is 517 g/mol. The number of methoxy groups -OCH3 is 1. The number of nitrogens with one attached hydrogen (secondary N) is 1. The molecule has 0 saturated carbocycles. The Labute approximate surface area is 190 Å². The number of thiazole rings is 1. The highest BCUT2D eigenvalue weighted by Gasteiger charge is 2.15. The zero-order valence-electron chi connectivity index (χ0n) is 17.6. The molecule has 28 heavy (non-hydrogen) atoms. The predicted octanol–water partition coefficient (Wildman–Crippen LogP) is 3.78. The molecule has 0 bridgehead atoms. The van der Waals surface area contributed by atoms with Gasteiger partial charge in [-0.25, -0.2) is 4.98 Å². The largest absolute Gasteiger partial charge is 0.497 e. The Balaban J connectivity index is 0.00000392. The third-order valence-corrected chi connectivity index (χ3v) is 5.12. The lowest BCUT2D eigenvalue weighted by atomic mass is 10.1. The van der Waals surface area contributed by atoms with Crippen molar-refractivity contribution < 1.29 is 4.74 Å². The molecule has 1 N–H and O–H groups in total. The van der Waals surface area contributed by atoms with Crippen LogP contribution in [0.4, 0.5) is 0 Å². The number of nitrogens with zero attached hydrogens (tertiary/aromatic N) is 4. The van der Waals surface area contributed by atoms with E-state index < -0.39 is 0 Å². The first-order valence-electron chi connectivity index (χ1n) is 9.15. The summed E-state index contributed by atoms with van der Waals surface area (Å²) in [7, 11) is 7.90. The summed E-state index contributed by atoms with van der Waals surface area (Å²) in [5.74, 6) is 1.76. The first-order chi connectivity index (χ1) is 12.9. The van der Waals surface area contributed by atoms with Gasteiger partial charge in [0.25, 0.3) is 0 Å². The Morgan fingerprint density at radius 2 is 1.93 bits per heavy atom. The average Bonchev–Trinajstić information content (AvgIpc) is 3.05. The summed E-state index contributed by atoms with van der Waals surface area (Å²) in [6, 6.07) is 8.40. The minimum atomic E-state index is 0. The minimum Gasteiger partial charge on any atom is -0.497 e. The first kappa shape index (κ1) is 24.6. The molecule has 2 rings (SSSR count). The molecule has 1 heterocycles. The molecule has 156 valence electrons. The van der Waals surface area contributed by atoms with Gasteiger partial charge in [0.15, 0.2) is 5.96 Å². The minimum absolute atomic E-state index is 0. The van der Waals surface area contributed by atoms with Crippen LogP contribution in [-0.4, -0.2) is 62.1 Å². The maximum absolute atomic E-state index is 5.27. The van der Waals surface area contributed by atoms with Gasteiger partial charge in [-0.2, -0.15) is 0 Å². The Morgan fingerprint density at radius 1 is 1.25 bits per heavy atom. The fourth-order valence-corrected chi connectivity index (χ4v) is 3.44. The second-order valence-corrected chi connectivity index (χ2v) is 7.72. The number of aromatic nitrogens is 1. The molecular formula is C20H32IN5OS. The Morgan fingerprint density at radius 3 is 2.43 bits per heavy atom. The first-order valence-corrected chi connectivity index (χ1v) is 10.0. The number of hydrogen-bond donors (Lipinski definition) is 1. The molecule has 0 amide bonds.